The first-order valence-electron chi connectivity index (χ1n) is 7.77. The van der Waals surface area contributed by atoms with Crippen LogP contribution in [0.1, 0.15) is 39.1 Å². The van der Waals surface area contributed by atoms with Gasteiger partial charge in [-0.2, -0.15) is 0 Å². The molecule has 116 valence electrons. The molecule has 3 amide bonds. The van der Waals surface area contributed by atoms with E-state index in [-0.39, 0.29) is 13.4 Å². The van der Waals surface area contributed by atoms with Gasteiger partial charge < -0.3 is 4.57 Å². The highest BCUT2D eigenvalue weighted by atomic mass is 16.2. The third-order valence-electron chi connectivity index (χ3n) is 4.45. The van der Waals surface area contributed by atoms with E-state index in [0.29, 0.717) is 18.9 Å². The first-order chi connectivity index (χ1) is 10.7. The zero-order valence-corrected chi connectivity index (χ0v) is 12.5. The van der Waals surface area contributed by atoms with Gasteiger partial charge in [0.25, 0.3) is 0 Å². The van der Waals surface area contributed by atoms with Gasteiger partial charge in [-0.15, -0.1) is 0 Å². The maximum absolute atomic E-state index is 12.0. The number of aromatic nitrogens is 2. The molecule has 0 unspecified atom stereocenters. The van der Waals surface area contributed by atoms with Gasteiger partial charge in [-0.1, -0.05) is 0 Å². The van der Waals surface area contributed by atoms with Crippen LogP contribution in [0, 0.1) is 0 Å². The Morgan fingerprint density at radius 2 is 2.23 bits per heavy atom. The van der Waals surface area contributed by atoms with Crippen molar-refractivity contribution in [2.24, 2.45) is 0 Å². The molecule has 6 nitrogen and oxygen atoms in total. The van der Waals surface area contributed by atoms with Gasteiger partial charge >= 0.3 is 6.03 Å². The molecule has 0 bridgehead atoms. The Bertz CT molecular complexity index is 782. The van der Waals surface area contributed by atoms with Crippen LogP contribution in [-0.2, 0) is 11.3 Å². The number of fused-ring (bicyclic) bond motifs is 1. The quantitative estimate of drug-likeness (QED) is 0.947. The molecule has 0 atom stereocenters. The molecule has 0 spiro atoms. The van der Waals surface area contributed by atoms with E-state index >= 15 is 0 Å². The SMILES string of the molecule is CCn1cc(C2CC2)c2cc(N3CCC(=O)NC3=O)cnc21.[HH]. The molecule has 1 N–H and O–H groups in total. The Labute approximate surface area is 129 Å². The number of carbonyl (C=O) groups is 2. The van der Waals surface area contributed by atoms with Crippen LogP contribution < -0.4 is 10.2 Å². The first-order valence-corrected chi connectivity index (χ1v) is 7.77. The number of urea groups is 1. The van der Waals surface area contributed by atoms with Crippen molar-refractivity contribution >= 4 is 28.7 Å². The second-order valence-corrected chi connectivity index (χ2v) is 5.96. The van der Waals surface area contributed by atoms with E-state index in [0.717, 1.165) is 23.3 Å². The van der Waals surface area contributed by atoms with Crippen molar-refractivity contribution in [1.82, 2.24) is 14.9 Å². The van der Waals surface area contributed by atoms with Crippen molar-refractivity contribution in [2.45, 2.75) is 38.6 Å². The van der Waals surface area contributed by atoms with Crippen molar-refractivity contribution in [3.05, 3.63) is 24.0 Å². The number of aryl methyl sites for hydroxylation is 1. The Kier molecular flexibility index (Phi) is 2.92. The molecule has 0 radical (unpaired) electrons. The van der Waals surface area contributed by atoms with Gasteiger partial charge in [0, 0.05) is 32.5 Å². The molecule has 4 rings (SSSR count). The number of rotatable bonds is 3. The van der Waals surface area contributed by atoms with Crippen LogP contribution in [0.15, 0.2) is 18.5 Å². The van der Waals surface area contributed by atoms with E-state index in [9.17, 15) is 9.59 Å². The zero-order chi connectivity index (χ0) is 15.3. The summed E-state index contributed by atoms with van der Waals surface area (Å²) in [5.74, 6) is 0.412. The van der Waals surface area contributed by atoms with Crippen LogP contribution >= 0.6 is 0 Å². The number of hydrogen-bond acceptors (Lipinski definition) is 3. The highest BCUT2D eigenvalue weighted by Crippen LogP contribution is 2.44. The Morgan fingerprint density at radius 1 is 1.41 bits per heavy atom. The molecular formula is C16H20N4O2. The minimum Gasteiger partial charge on any atom is -0.332 e. The molecule has 1 saturated heterocycles. The standard InChI is InChI=1S/C16H18N4O2.H2/c1-2-19-9-13(10-3-4-10)12-7-11(8-17-15(12)19)20-6-5-14(21)18-16(20)22;/h7-10H,2-6H2,1H3,(H,18,21,22);1H. The maximum Gasteiger partial charge on any atom is 0.328 e. The van der Waals surface area contributed by atoms with Crippen molar-refractivity contribution in [1.29, 1.82) is 0 Å². The van der Waals surface area contributed by atoms with E-state index in [1.807, 2.05) is 6.07 Å². The predicted molar refractivity (Wildman–Crippen MR) is 85.0 cm³/mol. The largest absolute Gasteiger partial charge is 0.332 e. The summed E-state index contributed by atoms with van der Waals surface area (Å²) >= 11 is 0. The summed E-state index contributed by atoms with van der Waals surface area (Å²) < 4.78 is 2.16. The lowest BCUT2D eigenvalue weighted by Crippen LogP contribution is -2.49. The van der Waals surface area contributed by atoms with Crippen LogP contribution in [0.3, 0.4) is 0 Å². The van der Waals surface area contributed by atoms with Crippen molar-refractivity contribution in [2.75, 3.05) is 11.4 Å². The summed E-state index contributed by atoms with van der Waals surface area (Å²) in [5, 5.41) is 3.49. The summed E-state index contributed by atoms with van der Waals surface area (Å²) in [6.45, 7) is 3.40. The van der Waals surface area contributed by atoms with Gasteiger partial charge in [0.15, 0.2) is 0 Å². The molecule has 22 heavy (non-hydrogen) atoms. The molecule has 2 aromatic heterocycles. The zero-order valence-electron chi connectivity index (χ0n) is 12.5. The number of pyridine rings is 1. The van der Waals surface area contributed by atoms with Crippen LogP contribution in [0.5, 0.6) is 0 Å². The summed E-state index contributed by atoms with van der Waals surface area (Å²) in [7, 11) is 0. The third kappa shape index (κ3) is 2.06. The lowest BCUT2D eigenvalue weighted by Gasteiger charge is -2.26. The summed E-state index contributed by atoms with van der Waals surface area (Å²) in [5.41, 5.74) is 3.06. The lowest BCUT2D eigenvalue weighted by atomic mass is 10.1. The first kappa shape index (κ1) is 13.3. The molecule has 1 aliphatic carbocycles. The molecule has 0 aromatic carbocycles. The van der Waals surface area contributed by atoms with Crippen molar-refractivity contribution in [3.63, 3.8) is 0 Å². The molecule has 2 aliphatic rings. The highest BCUT2D eigenvalue weighted by molar-refractivity contribution is 6.06. The Balaban J connectivity index is 0.00000156. The molecule has 1 saturated carbocycles. The topological polar surface area (TPSA) is 67.2 Å². The van der Waals surface area contributed by atoms with Gasteiger partial charge in [0.1, 0.15) is 5.65 Å². The van der Waals surface area contributed by atoms with E-state index in [2.05, 4.69) is 28.0 Å². The minimum atomic E-state index is -0.361. The van der Waals surface area contributed by atoms with Crippen molar-refractivity contribution in [3.8, 4) is 0 Å². The fourth-order valence-corrected chi connectivity index (χ4v) is 3.11. The average Bonchev–Trinajstić information content (AvgIpc) is 3.28. The second-order valence-electron chi connectivity index (χ2n) is 5.96. The number of anilines is 1. The number of hydrogen-bond donors (Lipinski definition) is 1. The van der Waals surface area contributed by atoms with Crippen LogP contribution in [0.2, 0.25) is 0 Å². The lowest BCUT2D eigenvalue weighted by molar-refractivity contribution is -0.120. The number of imide groups is 1. The molecular weight excluding hydrogens is 280 g/mol. The molecule has 2 fully saturated rings. The van der Waals surface area contributed by atoms with Crippen LogP contribution in [0.4, 0.5) is 10.5 Å². The number of nitrogens with zero attached hydrogens (tertiary/aromatic N) is 3. The second kappa shape index (κ2) is 4.83. The van der Waals surface area contributed by atoms with Crippen molar-refractivity contribution < 1.29 is 11.0 Å². The van der Waals surface area contributed by atoms with Crippen LogP contribution in [0.25, 0.3) is 11.0 Å². The highest BCUT2D eigenvalue weighted by Gasteiger charge is 2.29. The van der Waals surface area contributed by atoms with Gasteiger partial charge in [-0.05, 0) is 37.3 Å². The normalized spacial score (nSPS) is 18.9. The fourth-order valence-electron chi connectivity index (χ4n) is 3.11. The number of amides is 3. The molecule has 3 heterocycles. The molecule has 2 aromatic rings. The minimum absolute atomic E-state index is 0. The molecule has 1 aliphatic heterocycles. The van der Waals surface area contributed by atoms with Gasteiger partial charge in [0.05, 0.1) is 11.9 Å². The Hall–Kier alpha value is -2.37. The summed E-state index contributed by atoms with van der Waals surface area (Å²) in [4.78, 5) is 29.4. The smallest absolute Gasteiger partial charge is 0.328 e. The van der Waals surface area contributed by atoms with E-state index in [1.54, 1.807) is 11.1 Å². The fraction of sp³-hybridized carbons (Fsp3) is 0.438. The Morgan fingerprint density at radius 3 is 2.91 bits per heavy atom. The molecule has 6 heteroatoms. The van der Waals surface area contributed by atoms with Gasteiger partial charge in [-0.25, -0.2) is 9.78 Å². The summed E-state index contributed by atoms with van der Waals surface area (Å²) in [6, 6.07) is 1.68. The van der Waals surface area contributed by atoms with E-state index in [4.69, 9.17) is 0 Å². The summed E-state index contributed by atoms with van der Waals surface area (Å²) in [6.07, 6.45) is 6.70. The van der Waals surface area contributed by atoms with Crippen LogP contribution in [-0.4, -0.2) is 28.0 Å². The van der Waals surface area contributed by atoms with Gasteiger partial charge in [0.2, 0.25) is 5.91 Å². The third-order valence-corrected chi connectivity index (χ3v) is 4.45. The van der Waals surface area contributed by atoms with E-state index in [1.165, 1.54) is 18.4 Å². The predicted octanol–water partition coefficient (Wildman–Crippen LogP) is 2.63. The van der Waals surface area contributed by atoms with Gasteiger partial charge in [-0.3, -0.25) is 15.0 Å². The monoisotopic (exact) mass is 300 g/mol. The maximum atomic E-state index is 12.0. The number of carbonyl (C=O) groups excluding carboxylic acids is 2. The van der Waals surface area contributed by atoms with E-state index < -0.39 is 0 Å². The number of nitrogens with one attached hydrogen (secondary N) is 1. The average molecular weight is 300 g/mol.